The number of amides is 1. The average molecular weight is 330 g/mol. The summed E-state index contributed by atoms with van der Waals surface area (Å²) in [5.41, 5.74) is 0.927. The van der Waals surface area contributed by atoms with Gasteiger partial charge in [-0.1, -0.05) is 30.3 Å². The first kappa shape index (κ1) is 17.3. The second-order valence-corrected chi connectivity index (χ2v) is 5.58. The van der Waals surface area contributed by atoms with Crippen LogP contribution in [0.2, 0.25) is 0 Å². The second-order valence-electron chi connectivity index (χ2n) is 5.58. The number of benzene rings is 1. The van der Waals surface area contributed by atoms with E-state index >= 15 is 0 Å². The summed E-state index contributed by atoms with van der Waals surface area (Å²) in [6.45, 7) is 0.206. The molecule has 1 aromatic carbocycles. The molecule has 0 radical (unpaired) electrons. The summed E-state index contributed by atoms with van der Waals surface area (Å²) >= 11 is 0. The summed E-state index contributed by atoms with van der Waals surface area (Å²) in [5, 5.41) is 10.9. The van der Waals surface area contributed by atoms with E-state index in [-0.39, 0.29) is 12.6 Å². The lowest BCUT2D eigenvalue weighted by molar-refractivity contribution is -0.175. The van der Waals surface area contributed by atoms with Gasteiger partial charge in [-0.25, -0.2) is 0 Å². The summed E-state index contributed by atoms with van der Waals surface area (Å²) in [6, 6.07) is 8.50. The van der Waals surface area contributed by atoms with Crippen molar-refractivity contribution >= 4 is 11.9 Å². The molecule has 2 rings (SSSR count). The number of halogens is 3. The predicted molar refractivity (Wildman–Crippen MR) is 75.5 cm³/mol. The molecule has 0 unspecified atom stereocenters. The SMILES string of the molecule is O=C(O)CN(Cc1ccccc1)C1CC(NC(=O)C(F)(F)F)C1. The molecule has 0 bridgehead atoms. The third kappa shape index (κ3) is 4.95. The fourth-order valence-corrected chi connectivity index (χ4v) is 2.58. The fourth-order valence-electron chi connectivity index (χ4n) is 2.58. The van der Waals surface area contributed by atoms with Crippen LogP contribution in [0.5, 0.6) is 0 Å². The van der Waals surface area contributed by atoms with E-state index in [1.54, 1.807) is 4.90 Å². The number of hydrogen-bond acceptors (Lipinski definition) is 3. The third-order valence-corrected chi connectivity index (χ3v) is 3.79. The number of carbonyl (C=O) groups excluding carboxylic acids is 1. The Kier molecular flexibility index (Phi) is 5.25. The summed E-state index contributed by atoms with van der Waals surface area (Å²) in [6.07, 6.45) is -4.28. The maximum absolute atomic E-state index is 12.2. The van der Waals surface area contributed by atoms with E-state index in [0.29, 0.717) is 19.4 Å². The molecule has 0 spiro atoms. The smallest absolute Gasteiger partial charge is 0.471 e. The molecule has 1 amide bonds. The van der Waals surface area contributed by atoms with Crippen LogP contribution in [0.1, 0.15) is 18.4 Å². The van der Waals surface area contributed by atoms with Crippen LogP contribution < -0.4 is 5.32 Å². The van der Waals surface area contributed by atoms with Gasteiger partial charge < -0.3 is 10.4 Å². The van der Waals surface area contributed by atoms with Crippen LogP contribution in [0.25, 0.3) is 0 Å². The van der Waals surface area contributed by atoms with E-state index < -0.39 is 24.1 Å². The Balaban J connectivity index is 1.90. The fraction of sp³-hybridized carbons (Fsp3) is 0.467. The third-order valence-electron chi connectivity index (χ3n) is 3.79. The number of nitrogens with one attached hydrogen (secondary N) is 1. The van der Waals surface area contributed by atoms with Crippen molar-refractivity contribution < 1.29 is 27.9 Å². The van der Waals surface area contributed by atoms with Gasteiger partial charge in [-0.15, -0.1) is 0 Å². The van der Waals surface area contributed by atoms with Crippen LogP contribution >= 0.6 is 0 Å². The number of carbonyl (C=O) groups is 2. The maximum Gasteiger partial charge on any atom is 0.471 e. The molecule has 1 fully saturated rings. The van der Waals surface area contributed by atoms with Gasteiger partial charge in [0.2, 0.25) is 0 Å². The summed E-state index contributed by atoms with van der Waals surface area (Å²) in [4.78, 5) is 23.5. The van der Waals surface area contributed by atoms with Gasteiger partial charge in [0.05, 0.1) is 6.54 Å². The summed E-state index contributed by atoms with van der Waals surface area (Å²) < 4.78 is 36.6. The topological polar surface area (TPSA) is 69.6 Å². The van der Waals surface area contributed by atoms with Gasteiger partial charge in [-0.05, 0) is 18.4 Å². The minimum absolute atomic E-state index is 0.162. The number of alkyl halides is 3. The molecule has 1 saturated carbocycles. The number of carboxylic acids is 1. The number of carboxylic acid groups (broad SMARTS) is 1. The van der Waals surface area contributed by atoms with Gasteiger partial charge in [-0.2, -0.15) is 13.2 Å². The van der Waals surface area contributed by atoms with Gasteiger partial charge in [0.1, 0.15) is 0 Å². The molecule has 5 nitrogen and oxygen atoms in total. The molecule has 0 atom stereocenters. The van der Waals surface area contributed by atoms with Crippen LogP contribution in [-0.4, -0.2) is 46.7 Å². The summed E-state index contributed by atoms with van der Waals surface area (Å²) in [7, 11) is 0. The van der Waals surface area contributed by atoms with Crippen LogP contribution in [-0.2, 0) is 16.1 Å². The van der Waals surface area contributed by atoms with Gasteiger partial charge in [0.15, 0.2) is 0 Å². The predicted octanol–water partition coefficient (Wildman–Crippen LogP) is 1.78. The van der Waals surface area contributed by atoms with Crippen LogP contribution in [0.3, 0.4) is 0 Å². The first-order valence-corrected chi connectivity index (χ1v) is 7.13. The number of hydrogen-bond donors (Lipinski definition) is 2. The number of rotatable bonds is 6. The molecule has 0 aromatic heterocycles. The minimum Gasteiger partial charge on any atom is -0.480 e. The second kappa shape index (κ2) is 6.99. The van der Waals surface area contributed by atoms with Crippen LogP contribution in [0.4, 0.5) is 13.2 Å². The van der Waals surface area contributed by atoms with Crippen molar-refractivity contribution in [3.8, 4) is 0 Å². The van der Waals surface area contributed by atoms with Gasteiger partial charge in [-0.3, -0.25) is 14.5 Å². The van der Waals surface area contributed by atoms with Crippen molar-refractivity contribution in [2.24, 2.45) is 0 Å². The zero-order chi connectivity index (χ0) is 17.0. The molecule has 23 heavy (non-hydrogen) atoms. The monoisotopic (exact) mass is 330 g/mol. The van der Waals surface area contributed by atoms with Crippen LogP contribution in [0.15, 0.2) is 30.3 Å². The van der Waals surface area contributed by atoms with Crippen molar-refractivity contribution in [2.45, 2.75) is 37.6 Å². The van der Waals surface area contributed by atoms with Crippen molar-refractivity contribution in [2.75, 3.05) is 6.54 Å². The Morgan fingerprint density at radius 1 is 1.22 bits per heavy atom. The normalized spacial score (nSPS) is 20.9. The van der Waals surface area contributed by atoms with Crippen molar-refractivity contribution in [1.82, 2.24) is 10.2 Å². The highest BCUT2D eigenvalue weighted by Gasteiger charge is 2.43. The molecule has 126 valence electrons. The Morgan fingerprint density at radius 3 is 2.35 bits per heavy atom. The first-order chi connectivity index (χ1) is 10.8. The average Bonchev–Trinajstić information content (AvgIpc) is 2.41. The lowest BCUT2D eigenvalue weighted by Crippen LogP contribution is -2.56. The Labute approximate surface area is 131 Å². The molecule has 1 aliphatic rings. The molecule has 1 aromatic rings. The van der Waals surface area contributed by atoms with Crippen molar-refractivity contribution in [1.29, 1.82) is 0 Å². The lowest BCUT2D eigenvalue weighted by atomic mass is 9.85. The zero-order valence-corrected chi connectivity index (χ0v) is 12.2. The highest BCUT2D eigenvalue weighted by molar-refractivity contribution is 5.82. The zero-order valence-electron chi connectivity index (χ0n) is 12.2. The Morgan fingerprint density at radius 2 is 1.83 bits per heavy atom. The molecule has 1 aliphatic carbocycles. The van der Waals surface area contributed by atoms with E-state index in [2.05, 4.69) is 0 Å². The van der Waals surface area contributed by atoms with Gasteiger partial charge >= 0.3 is 18.1 Å². The van der Waals surface area contributed by atoms with E-state index in [0.717, 1.165) is 5.56 Å². The number of nitrogens with zero attached hydrogens (tertiary/aromatic N) is 1. The number of aliphatic carboxylic acids is 1. The quantitative estimate of drug-likeness (QED) is 0.834. The van der Waals surface area contributed by atoms with Crippen molar-refractivity contribution in [3.05, 3.63) is 35.9 Å². The Bertz CT molecular complexity index is 557. The molecule has 2 N–H and O–H groups in total. The van der Waals surface area contributed by atoms with Crippen molar-refractivity contribution in [3.63, 3.8) is 0 Å². The van der Waals surface area contributed by atoms with E-state index in [1.165, 1.54) is 0 Å². The molecular formula is C15H17F3N2O3. The van der Waals surface area contributed by atoms with E-state index in [4.69, 9.17) is 5.11 Å². The molecule has 0 aliphatic heterocycles. The highest BCUT2D eigenvalue weighted by atomic mass is 19.4. The van der Waals surface area contributed by atoms with E-state index in [9.17, 15) is 22.8 Å². The van der Waals surface area contributed by atoms with Gasteiger partial charge in [0.25, 0.3) is 0 Å². The summed E-state index contributed by atoms with van der Waals surface area (Å²) in [5.74, 6) is -2.95. The highest BCUT2D eigenvalue weighted by Crippen LogP contribution is 2.28. The van der Waals surface area contributed by atoms with Gasteiger partial charge in [0, 0.05) is 18.6 Å². The molecule has 0 heterocycles. The largest absolute Gasteiger partial charge is 0.480 e. The van der Waals surface area contributed by atoms with Crippen LogP contribution in [0, 0.1) is 0 Å². The Hall–Kier alpha value is -2.09. The first-order valence-electron chi connectivity index (χ1n) is 7.13. The standard InChI is InChI=1S/C15H17F3N2O3/c16-15(17,18)14(23)19-11-6-12(7-11)20(9-13(21)22)8-10-4-2-1-3-5-10/h1-5,11-12H,6-9H2,(H,19,23)(H,21,22). The van der Waals surface area contributed by atoms with E-state index in [1.807, 2.05) is 35.6 Å². The lowest BCUT2D eigenvalue weighted by Gasteiger charge is -2.42. The minimum atomic E-state index is -4.89. The maximum atomic E-state index is 12.2. The molecule has 8 heteroatoms. The molecular weight excluding hydrogens is 313 g/mol. The molecule has 0 saturated heterocycles.